The van der Waals surface area contributed by atoms with Crippen molar-refractivity contribution in [2.75, 3.05) is 0 Å². The third-order valence-corrected chi connectivity index (χ3v) is 7.81. The highest BCUT2D eigenvalue weighted by molar-refractivity contribution is 5.87. The fraction of sp³-hybridized carbons (Fsp3) is 0.842. The molecule has 7 atom stereocenters. The highest BCUT2D eigenvalue weighted by Crippen LogP contribution is 2.63. The molecule has 22 heavy (non-hydrogen) atoms. The van der Waals surface area contributed by atoms with Crippen molar-refractivity contribution in [3.05, 3.63) is 11.6 Å². The fourth-order valence-corrected chi connectivity index (χ4v) is 6.40. The van der Waals surface area contributed by atoms with Gasteiger partial charge in [-0.2, -0.15) is 0 Å². The molecule has 122 valence electrons. The molecule has 3 saturated carbocycles. The number of Topliss-reactive ketones (excluding diaryl/α,β-unsaturated/α-hetero) is 1. The molecule has 4 aliphatic rings. The van der Waals surface area contributed by atoms with E-state index in [2.05, 4.69) is 13.8 Å². The molecule has 0 spiro atoms. The Morgan fingerprint density at radius 3 is 2.50 bits per heavy atom. The summed E-state index contributed by atoms with van der Waals surface area (Å²) in [6.45, 7) is 4.48. The second-order valence-electron chi connectivity index (χ2n) is 8.70. The minimum Gasteiger partial charge on any atom is -0.393 e. The van der Waals surface area contributed by atoms with E-state index in [9.17, 15) is 15.0 Å². The Balaban J connectivity index is 1.75. The van der Waals surface area contributed by atoms with E-state index in [4.69, 9.17) is 0 Å². The van der Waals surface area contributed by atoms with Gasteiger partial charge in [0.05, 0.1) is 12.2 Å². The largest absolute Gasteiger partial charge is 0.393 e. The number of carbonyl (C=O) groups excluding carboxylic acids is 1. The van der Waals surface area contributed by atoms with Gasteiger partial charge >= 0.3 is 0 Å². The van der Waals surface area contributed by atoms with Gasteiger partial charge in [-0.1, -0.05) is 25.5 Å². The van der Waals surface area contributed by atoms with Crippen LogP contribution in [-0.4, -0.2) is 28.2 Å². The predicted molar refractivity (Wildman–Crippen MR) is 84.1 cm³/mol. The van der Waals surface area contributed by atoms with Crippen LogP contribution in [-0.2, 0) is 4.79 Å². The van der Waals surface area contributed by atoms with Crippen LogP contribution in [0.1, 0.15) is 58.8 Å². The predicted octanol–water partition coefficient (Wildman–Crippen LogP) is 2.85. The number of hydrogen-bond acceptors (Lipinski definition) is 3. The maximum absolute atomic E-state index is 12.4. The van der Waals surface area contributed by atoms with Crippen LogP contribution < -0.4 is 0 Å². The summed E-state index contributed by atoms with van der Waals surface area (Å²) in [5, 5.41) is 20.8. The smallest absolute Gasteiger partial charge is 0.139 e. The van der Waals surface area contributed by atoms with Crippen LogP contribution in [0.4, 0.5) is 0 Å². The van der Waals surface area contributed by atoms with Crippen molar-refractivity contribution in [2.24, 2.45) is 28.6 Å². The van der Waals surface area contributed by atoms with Crippen molar-refractivity contribution in [1.82, 2.24) is 0 Å². The van der Waals surface area contributed by atoms with Crippen molar-refractivity contribution >= 4 is 5.78 Å². The second-order valence-corrected chi connectivity index (χ2v) is 8.70. The van der Waals surface area contributed by atoms with Gasteiger partial charge in [-0.3, -0.25) is 4.79 Å². The van der Waals surface area contributed by atoms with E-state index in [-0.39, 0.29) is 22.9 Å². The summed E-state index contributed by atoms with van der Waals surface area (Å²) in [5.41, 5.74) is 1.20. The third-order valence-electron chi connectivity index (χ3n) is 7.81. The number of aliphatic hydroxyl groups is 2. The zero-order valence-electron chi connectivity index (χ0n) is 13.7. The van der Waals surface area contributed by atoms with Crippen LogP contribution in [0.25, 0.3) is 0 Å². The molecule has 0 aromatic carbocycles. The molecule has 2 N–H and O–H groups in total. The van der Waals surface area contributed by atoms with Gasteiger partial charge in [0.1, 0.15) is 5.78 Å². The van der Waals surface area contributed by atoms with Crippen LogP contribution in [0.3, 0.4) is 0 Å². The highest BCUT2D eigenvalue weighted by Gasteiger charge is 2.60. The normalized spacial score (nSPS) is 54.3. The second kappa shape index (κ2) is 4.67. The van der Waals surface area contributed by atoms with Gasteiger partial charge in [-0.05, 0) is 61.7 Å². The molecule has 4 aliphatic carbocycles. The third kappa shape index (κ3) is 1.78. The Labute approximate surface area is 132 Å². The van der Waals surface area contributed by atoms with E-state index < -0.39 is 6.10 Å². The van der Waals surface area contributed by atoms with Gasteiger partial charge in [0, 0.05) is 11.8 Å². The fourth-order valence-electron chi connectivity index (χ4n) is 6.40. The van der Waals surface area contributed by atoms with Crippen LogP contribution in [0.5, 0.6) is 0 Å². The molecule has 0 bridgehead atoms. The van der Waals surface area contributed by atoms with Gasteiger partial charge in [0.25, 0.3) is 0 Å². The number of fused-ring (bicyclic) bond motifs is 5. The first-order chi connectivity index (χ1) is 10.4. The van der Waals surface area contributed by atoms with E-state index in [1.165, 1.54) is 5.57 Å². The topological polar surface area (TPSA) is 57.5 Å². The maximum Gasteiger partial charge on any atom is 0.139 e. The molecule has 0 radical (unpaired) electrons. The Morgan fingerprint density at radius 1 is 1.05 bits per heavy atom. The molecule has 0 saturated heterocycles. The van der Waals surface area contributed by atoms with Crippen molar-refractivity contribution in [1.29, 1.82) is 0 Å². The molecule has 0 amide bonds. The number of aliphatic hydroxyl groups excluding tert-OH is 2. The average molecular weight is 304 g/mol. The lowest BCUT2D eigenvalue weighted by Crippen LogP contribution is -2.54. The number of hydrogen-bond donors (Lipinski definition) is 2. The van der Waals surface area contributed by atoms with E-state index in [1.807, 2.05) is 6.08 Å². The standard InChI is InChI=1S/C19H28O3/c1-18-7-5-12(20)9-11(18)10-15(21)17-13-3-4-16(22)19(13,2)8-6-14(17)18/h10,12-15,17,20-21H,3-9H2,1-2H3/t12-,13?,14?,15+,17?,18?,19-/m0/s1. The van der Waals surface area contributed by atoms with Crippen molar-refractivity contribution in [3.63, 3.8) is 0 Å². The molecule has 3 heteroatoms. The Hall–Kier alpha value is -0.670. The highest BCUT2D eigenvalue weighted by atomic mass is 16.3. The molecule has 0 aliphatic heterocycles. The zero-order valence-corrected chi connectivity index (χ0v) is 13.7. The van der Waals surface area contributed by atoms with Gasteiger partial charge in [-0.15, -0.1) is 0 Å². The minimum atomic E-state index is -0.436. The summed E-state index contributed by atoms with van der Waals surface area (Å²) in [7, 11) is 0. The zero-order chi connectivity index (χ0) is 15.7. The van der Waals surface area contributed by atoms with Crippen LogP contribution in [0.15, 0.2) is 11.6 Å². The summed E-state index contributed by atoms with van der Waals surface area (Å²) < 4.78 is 0. The summed E-state index contributed by atoms with van der Waals surface area (Å²) in [6.07, 6.45) is 7.65. The summed E-state index contributed by atoms with van der Waals surface area (Å²) in [4.78, 5) is 12.4. The van der Waals surface area contributed by atoms with Crippen LogP contribution >= 0.6 is 0 Å². The van der Waals surface area contributed by atoms with Gasteiger partial charge in [-0.25, -0.2) is 0 Å². The molecule has 0 heterocycles. The quantitative estimate of drug-likeness (QED) is 0.677. The SMILES string of the molecule is CC12CC[C@H](O)CC1=C[C@@H](O)C1C2CC[C@]2(C)C(=O)CCC12. The van der Waals surface area contributed by atoms with E-state index >= 15 is 0 Å². The average Bonchev–Trinajstić information content (AvgIpc) is 2.77. The lowest BCUT2D eigenvalue weighted by molar-refractivity contribution is -0.135. The Morgan fingerprint density at radius 2 is 1.73 bits per heavy atom. The van der Waals surface area contributed by atoms with Crippen LogP contribution in [0.2, 0.25) is 0 Å². The molecule has 0 aromatic heterocycles. The van der Waals surface area contributed by atoms with E-state index in [0.29, 0.717) is 24.0 Å². The Bertz CT molecular complexity index is 539. The molecule has 3 fully saturated rings. The van der Waals surface area contributed by atoms with Gasteiger partial charge in [0.15, 0.2) is 0 Å². The molecule has 0 aromatic rings. The van der Waals surface area contributed by atoms with E-state index in [1.54, 1.807) is 0 Å². The van der Waals surface area contributed by atoms with E-state index in [0.717, 1.165) is 38.5 Å². The lowest BCUT2D eigenvalue weighted by Gasteiger charge is -2.58. The lowest BCUT2D eigenvalue weighted by atomic mass is 9.47. The first-order valence-corrected chi connectivity index (χ1v) is 8.97. The van der Waals surface area contributed by atoms with Crippen molar-refractivity contribution in [3.8, 4) is 0 Å². The first-order valence-electron chi connectivity index (χ1n) is 8.97. The molecule has 4 unspecified atom stereocenters. The molecule has 4 rings (SSSR count). The summed E-state index contributed by atoms with van der Waals surface area (Å²) in [6, 6.07) is 0. The number of ketones is 1. The number of rotatable bonds is 0. The Kier molecular flexibility index (Phi) is 3.16. The van der Waals surface area contributed by atoms with Gasteiger partial charge < -0.3 is 10.2 Å². The molecule has 3 nitrogen and oxygen atoms in total. The number of carbonyl (C=O) groups is 1. The summed E-state index contributed by atoms with van der Waals surface area (Å²) in [5.74, 6) is 1.46. The summed E-state index contributed by atoms with van der Waals surface area (Å²) >= 11 is 0. The van der Waals surface area contributed by atoms with Gasteiger partial charge in [0.2, 0.25) is 0 Å². The minimum absolute atomic E-state index is 0.121. The van der Waals surface area contributed by atoms with Crippen molar-refractivity contribution in [2.45, 2.75) is 71.0 Å². The maximum atomic E-state index is 12.4. The monoisotopic (exact) mass is 304 g/mol. The van der Waals surface area contributed by atoms with Crippen LogP contribution in [0, 0.1) is 28.6 Å². The molecular weight excluding hydrogens is 276 g/mol. The first kappa shape index (κ1) is 14.9. The van der Waals surface area contributed by atoms with Crippen molar-refractivity contribution < 1.29 is 15.0 Å². The molecular formula is C19H28O3.